The normalized spacial score (nSPS) is 18.3. The molecule has 2 aliphatic rings. The van der Waals surface area contributed by atoms with Gasteiger partial charge in [-0.15, -0.1) is 0 Å². The molecule has 1 unspecified atom stereocenters. The number of rotatable bonds is 6. The monoisotopic (exact) mass is 546 g/mol. The fraction of sp³-hybridized carbons (Fsp3) is 0.423. The number of likely N-dealkylation sites (N-methyl/N-ethyl adjacent to an activating group) is 1. The van der Waals surface area contributed by atoms with Crippen molar-refractivity contribution in [1.29, 1.82) is 0 Å². The van der Waals surface area contributed by atoms with Crippen LogP contribution in [0.2, 0.25) is 10.0 Å². The molecule has 0 aliphatic carbocycles. The quantitative estimate of drug-likeness (QED) is 0.449. The largest absolute Gasteiger partial charge is 0.495 e. The van der Waals surface area contributed by atoms with Crippen LogP contribution in [0, 0.1) is 5.82 Å². The zero-order chi connectivity index (χ0) is 26.1. The summed E-state index contributed by atoms with van der Waals surface area (Å²) in [5.74, 6) is 1.09. The molecule has 2 N–H and O–H groups in total. The minimum Gasteiger partial charge on any atom is -0.495 e. The molecule has 2 aliphatic heterocycles. The van der Waals surface area contributed by atoms with Gasteiger partial charge in [0.25, 0.3) is 0 Å². The lowest BCUT2D eigenvalue weighted by Gasteiger charge is -2.37. The second-order valence-electron chi connectivity index (χ2n) is 9.44. The molecular weight excluding hydrogens is 518 g/mol. The summed E-state index contributed by atoms with van der Waals surface area (Å²) >= 11 is 12.3. The van der Waals surface area contributed by atoms with E-state index in [4.69, 9.17) is 37.9 Å². The van der Waals surface area contributed by atoms with Crippen molar-refractivity contribution in [3.8, 4) is 5.75 Å². The highest BCUT2D eigenvalue weighted by atomic mass is 35.5. The molecule has 2 fully saturated rings. The fourth-order valence-corrected chi connectivity index (χ4v) is 5.40. The first-order valence-electron chi connectivity index (χ1n) is 12.4. The first-order valence-corrected chi connectivity index (χ1v) is 13.1. The van der Waals surface area contributed by atoms with Crippen LogP contribution in [0.4, 0.5) is 21.8 Å². The van der Waals surface area contributed by atoms with Crippen molar-refractivity contribution in [2.45, 2.75) is 37.8 Å². The minimum atomic E-state index is -0.495. The molecule has 1 amide bonds. The van der Waals surface area contributed by atoms with Crippen LogP contribution in [0.3, 0.4) is 0 Å². The van der Waals surface area contributed by atoms with E-state index in [1.165, 1.54) is 6.07 Å². The number of aromatic nitrogens is 2. The Hall–Kier alpha value is -2.88. The lowest BCUT2D eigenvalue weighted by atomic mass is 10.0. The van der Waals surface area contributed by atoms with Crippen LogP contribution in [0.15, 0.2) is 30.3 Å². The van der Waals surface area contributed by atoms with Gasteiger partial charge in [0.05, 0.1) is 29.4 Å². The minimum absolute atomic E-state index is 0.0736. The molecule has 37 heavy (non-hydrogen) atoms. The number of carbonyl (C=O) groups excluding carboxylic acids is 1. The standard InChI is InChI=1S/C26H29Cl2FN6O2/c1-34(25(36)21-4-3-9-30-21)16-7-10-35(11-8-16)26-32-22-14-23(37-2)18(28)13-17(22)24(33-26)31-20-6-5-15(27)12-19(20)29/h5-6,12-14,16,21,30H,3-4,7-11H2,1-2H3,(H,31,32,33). The number of nitrogens with one attached hydrogen (secondary N) is 2. The number of piperidine rings is 1. The third kappa shape index (κ3) is 5.39. The van der Waals surface area contributed by atoms with Gasteiger partial charge >= 0.3 is 0 Å². The van der Waals surface area contributed by atoms with Crippen LogP contribution < -0.4 is 20.3 Å². The predicted molar refractivity (Wildman–Crippen MR) is 145 cm³/mol. The summed E-state index contributed by atoms with van der Waals surface area (Å²) < 4.78 is 20.0. The van der Waals surface area contributed by atoms with Crippen molar-refractivity contribution in [2.24, 2.45) is 0 Å². The zero-order valence-electron chi connectivity index (χ0n) is 20.7. The Bertz CT molecular complexity index is 1310. The van der Waals surface area contributed by atoms with Gasteiger partial charge in [-0.2, -0.15) is 4.98 Å². The molecule has 0 spiro atoms. The van der Waals surface area contributed by atoms with Gasteiger partial charge < -0.3 is 25.2 Å². The maximum atomic E-state index is 14.6. The van der Waals surface area contributed by atoms with Crippen molar-refractivity contribution in [1.82, 2.24) is 20.2 Å². The smallest absolute Gasteiger partial charge is 0.239 e. The molecule has 11 heteroatoms. The number of halogens is 3. The number of ether oxygens (including phenoxy) is 1. The van der Waals surface area contributed by atoms with E-state index in [1.54, 1.807) is 31.4 Å². The Morgan fingerprint density at radius 2 is 1.97 bits per heavy atom. The van der Waals surface area contributed by atoms with E-state index in [2.05, 4.69) is 15.5 Å². The van der Waals surface area contributed by atoms with E-state index < -0.39 is 5.82 Å². The van der Waals surface area contributed by atoms with E-state index in [0.29, 0.717) is 51.6 Å². The van der Waals surface area contributed by atoms with Gasteiger partial charge in [-0.25, -0.2) is 9.37 Å². The number of amides is 1. The highest BCUT2D eigenvalue weighted by Crippen LogP contribution is 2.35. The topological polar surface area (TPSA) is 82.6 Å². The zero-order valence-corrected chi connectivity index (χ0v) is 22.2. The van der Waals surface area contributed by atoms with Gasteiger partial charge in [-0.3, -0.25) is 4.79 Å². The SMILES string of the molecule is COc1cc2nc(N3CCC(N(C)C(=O)C4CCCN4)CC3)nc(Nc3ccc(Cl)cc3F)c2cc1Cl. The number of anilines is 3. The van der Waals surface area contributed by atoms with Crippen molar-refractivity contribution in [3.05, 3.63) is 46.2 Å². The fourth-order valence-electron chi connectivity index (χ4n) is 5.00. The predicted octanol–water partition coefficient (Wildman–Crippen LogP) is 5.01. The Morgan fingerprint density at radius 3 is 2.65 bits per heavy atom. The number of nitrogens with zero attached hydrogens (tertiary/aromatic N) is 4. The van der Waals surface area contributed by atoms with Gasteiger partial charge in [0, 0.05) is 42.7 Å². The van der Waals surface area contributed by atoms with Gasteiger partial charge in [0.1, 0.15) is 17.4 Å². The third-order valence-electron chi connectivity index (χ3n) is 7.14. The Labute approximate surface area is 225 Å². The van der Waals surface area contributed by atoms with Crippen molar-refractivity contribution < 1.29 is 13.9 Å². The number of fused-ring (bicyclic) bond motifs is 1. The molecule has 5 rings (SSSR count). The van der Waals surface area contributed by atoms with Crippen molar-refractivity contribution >= 4 is 57.5 Å². The number of benzene rings is 2. The molecule has 0 radical (unpaired) electrons. The first kappa shape index (κ1) is 25.8. The molecule has 3 aromatic rings. The van der Waals surface area contributed by atoms with E-state index in [-0.39, 0.29) is 23.7 Å². The van der Waals surface area contributed by atoms with E-state index in [1.807, 2.05) is 11.9 Å². The second-order valence-corrected chi connectivity index (χ2v) is 10.3. The van der Waals surface area contributed by atoms with Crippen molar-refractivity contribution in [2.75, 3.05) is 44.0 Å². The van der Waals surface area contributed by atoms with Gasteiger partial charge in [0.2, 0.25) is 11.9 Å². The maximum absolute atomic E-state index is 14.6. The first-order chi connectivity index (χ1) is 17.8. The van der Waals surface area contributed by atoms with E-state index >= 15 is 0 Å². The van der Waals surface area contributed by atoms with Crippen LogP contribution in [0.25, 0.3) is 10.9 Å². The molecule has 1 aromatic heterocycles. The molecule has 8 nitrogen and oxygen atoms in total. The Balaban J connectivity index is 1.41. The second kappa shape index (κ2) is 10.8. The number of carbonyl (C=O) groups is 1. The summed E-state index contributed by atoms with van der Waals surface area (Å²) in [7, 11) is 3.44. The summed E-state index contributed by atoms with van der Waals surface area (Å²) in [6.45, 7) is 2.27. The van der Waals surface area contributed by atoms with Crippen LogP contribution >= 0.6 is 23.2 Å². The Morgan fingerprint density at radius 1 is 1.19 bits per heavy atom. The molecule has 2 aromatic carbocycles. The lowest BCUT2D eigenvalue weighted by Crippen LogP contribution is -2.50. The number of hydrogen-bond acceptors (Lipinski definition) is 7. The van der Waals surface area contributed by atoms with Gasteiger partial charge in [-0.1, -0.05) is 23.2 Å². The van der Waals surface area contributed by atoms with Crippen LogP contribution in [-0.4, -0.2) is 66.7 Å². The Kier molecular flexibility index (Phi) is 7.55. The molecule has 2 saturated heterocycles. The summed E-state index contributed by atoms with van der Waals surface area (Å²) in [5.41, 5.74) is 0.853. The summed E-state index contributed by atoms with van der Waals surface area (Å²) in [4.78, 5) is 26.4. The molecule has 1 atom stereocenters. The van der Waals surface area contributed by atoms with Crippen LogP contribution in [-0.2, 0) is 4.79 Å². The lowest BCUT2D eigenvalue weighted by molar-refractivity contribution is -0.134. The summed E-state index contributed by atoms with van der Waals surface area (Å²) in [6, 6.07) is 7.96. The number of hydrogen-bond donors (Lipinski definition) is 2. The molecule has 0 bridgehead atoms. The van der Waals surface area contributed by atoms with Crippen LogP contribution in [0.1, 0.15) is 25.7 Å². The van der Waals surface area contributed by atoms with Crippen LogP contribution in [0.5, 0.6) is 5.75 Å². The molecular formula is C26H29Cl2FN6O2. The van der Waals surface area contributed by atoms with Gasteiger partial charge in [0.15, 0.2) is 0 Å². The van der Waals surface area contributed by atoms with Crippen molar-refractivity contribution in [3.63, 3.8) is 0 Å². The average molecular weight is 547 g/mol. The summed E-state index contributed by atoms with van der Waals surface area (Å²) in [6.07, 6.45) is 3.53. The third-order valence-corrected chi connectivity index (χ3v) is 7.67. The molecule has 3 heterocycles. The molecule has 0 saturated carbocycles. The van der Waals surface area contributed by atoms with Gasteiger partial charge in [-0.05, 0) is 56.5 Å². The van der Waals surface area contributed by atoms with E-state index in [0.717, 1.165) is 32.2 Å². The highest BCUT2D eigenvalue weighted by molar-refractivity contribution is 6.33. The molecule has 196 valence electrons. The summed E-state index contributed by atoms with van der Waals surface area (Å²) in [5, 5.41) is 7.72. The maximum Gasteiger partial charge on any atom is 0.239 e. The van der Waals surface area contributed by atoms with E-state index in [9.17, 15) is 9.18 Å². The average Bonchev–Trinajstić information content (AvgIpc) is 3.44. The highest BCUT2D eigenvalue weighted by Gasteiger charge is 2.31. The number of methoxy groups -OCH3 is 1.